The van der Waals surface area contributed by atoms with Crippen molar-refractivity contribution in [2.75, 3.05) is 19.9 Å². The van der Waals surface area contributed by atoms with Crippen molar-refractivity contribution in [1.29, 1.82) is 0 Å². The van der Waals surface area contributed by atoms with Crippen molar-refractivity contribution in [2.45, 2.75) is 71.4 Å². The van der Waals surface area contributed by atoms with Crippen LogP contribution in [0.15, 0.2) is 54.7 Å². The van der Waals surface area contributed by atoms with Gasteiger partial charge in [-0.3, -0.25) is 4.79 Å². The lowest BCUT2D eigenvalue weighted by molar-refractivity contribution is -0.154. The Hall–Kier alpha value is -3.50. The molecule has 0 radical (unpaired) electrons. The van der Waals surface area contributed by atoms with Crippen LogP contribution in [0.5, 0.6) is 11.5 Å². The molecule has 0 amide bonds. The number of aromatic nitrogens is 2. The van der Waals surface area contributed by atoms with Crippen LogP contribution in [0.4, 0.5) is 0 Å². The molecule has 0 aliphatic heterocycles. The number of rotatable bonds is 14. The van der Waals surface area contributed by atoms with E-state index < -0.39 is 15.6 Å². The second kappa shape index (κ2) is 14.4. The number of nitrogens with zero attached hydrogens (tertiary/aromatic N) is 3. The van der Waals surface area contributed by atoms with Gasteiger partial charge in [0.15, 0.2) is 11.5 Å². The Bertz CT molecular complexity index is 1420. The van der Waals surface area contributed by atoms with E-state index in [1.807, 2.05) is 63.2 Å². The van der Waals surface area contributed by atoms with E-state index in [9.17, 15) is 18.3 Å². The molecule has 0 aliphatic rings. The predicted molar refractivity (Wildman–Crippen MR) is 159 cm³/mol. The summed E-state index contributed by atoms with van der Waals surface area (Å²) in [5.41, 5.74) is 3.03. The molecule has 0 bridgehead atoms. The van der Waals surface area contributed by atoms with Crippen LogP contribution in [0, 0.1) is 0 Å². The Morgan fingerprint density at radius 2 is 1.78 bits per heavy atom. The molecule has 2 aromatic carbocycles. The molecule has 3 aromatic rings. The van der Waals surface area contributed by atoms with Gasteiger partial charge in [0.1, 0.15) is 11.4 Å². The number of ether oxygens (including phenoxy) is 2. The molecule has 10 heteroatoms. The molecular weight excluding hydrogens is 542 g/mol. The van der Waals surface area contributed by atoms with Gasteiger partial charge in [-0.25, -0.2) is 18.4 Å². The number of aromatic hydroxyl groups is 1. The molecule has 0 spiro atoms. The fourth-order valence-electron chi connectivity index (χ4n) is 4.35. The lowest BCUT2D eigenvalue weighted by Crippen LogP contribution is -2.30. The summed E-state index contributed by atoms with van der Waals surface area (Å²) in [5, 5.41) is 9.79. The third-order valence-corrected chi connectivity index (χ3v) is 7.57. The summed E-state index contributed by atoms with van der Waals surface area (Å²) >= 11 is 0. The minimum atomic E-state index is -3.45. The van der Waals surface area contributed by atoms with E-state index in [0.717, 1.165) is 41.1 Å². The van der Waals surface area contributed by atoms with Crippen molar-refractivity contribution in [3.8, 4) is 22.8 Å². The molecular formula is C31H41N3O6S. The number of unbranched alkanes of at least 4 members (excludes halogenated alkanes) is 1. The van der Waals surface area contributed by atoms with Crippen molar-refractivity contribution < 1.29 is 27.8 Å². The van der Waals surface area contributed by atoms with Crippen molar-refractivity contribution in [3.63, 3.8) is 0 Å². The van der Waals surface area contributed by atoms with E-state index >= 15 is 0 Å². The molecule has 1 N–H and O–H groups in total. The second-order valence-corrected chi connectivity index (χ2v) is 13.0. The molecule has 0 fully saturated rings. The smallest absolute Gasteiger partial charge is 0.306 e. The number of hydrogen-bond acceptors (Lipinski definition) is 8. The zero-order valence-corrected chi connectivity index (χ0v) is 25.4. The standard InChI is InChI=1S/C31H41N3O6S/c1-31(2,3)40-30(36)14-6-7-19-34(41(5,37)38)22-24-11-8-12-25(20-24)26-17-18-32-29(33-26)13-9-10-23-15-16-27(35)28(21-23)39-4/h8,11-12,15-18,20-21,35H,6-7,9-10,13-14,19,22H2,1-5H3. The van der Waals surface area contributed by atoms with E-state index in [1.165, 1.54) is 17.7 Å². The van der Waals surface area contributed by atoms with Crippen LogP contribution in [0.25, 0.3) is 11.3 Å². The maximum atomic E-state index is 12.5. The monoisotopic (exact) mass is 583 g/mol. The van der Waals surface area contributed by atoms with Gasteiger partial charge in [-0.2, -0.15) is 4.31 Å². The number of carbonyl (C=O) groups is 1. The summed E-state index contributed by atoms with van der Waals surface area (Å²) in [6.07, 6.45) is 6.60. The molecule has 0 aliphatic carbocycles. The molecule has 0 saturated heterocycles. The topological polar surface area (TPSA) is 119 Å². The number of carbonyl (C=O) groups excluding carboxylic acids is 1. The first-order valence-corrected chi connectivity index (χ1v) is 15.6. The highest BCUT2D eigenvalue weighted by Gasteiger charge is 2.19. The molecule has 3 rings (SSSR count). The summed E-state index contributed by atoms with van der Waals surface area (Å²) in [6.45, 7) is 6.02. The van der Waals surface area contributed by atoms with Crippen LogP contribution in [0.1, 0.15) is 63.4 Å². The number of methoxy groups -OCH3 is 1. The van der Waals surface area contributed by atoms with Crippen molar-refractivity contribution in [1.82, 2.24) is 14.3 Å². The Labute approximate surface area is 243 Å². The number of sulfonamides is 1. The number of hydrogen-bond donors (Lipinski definition) is 1. The van der Waals surface area contributed by atoms with E-state index in [1.54, 1.807) is 12.3 Å². The van der Waals surface area contributed by atoms with E-state index in [4.69, 9.17) is 14.5 Å². The summed E-state index contributed by atoms with van der Waals surface area (Å²) in [4.78, 5) is 21.1. The van der Waals surface area contributed by atoms with Gasteiger partial charge < -0.3 is 14.6 Å². The van der Waals surface area contributed by atoms with Gasteiger partial charge in [-0.15, -0.1) is 0 Å². The van der Waals surface area contributed by atoms with E-state index in [0.29, 0.717) is 31.6 Å². The highest BCUT2D eigenvalue weighted by molar-refractivity contribution is 7.88. The van der Waals surface area contributed by atoms with Crippen LogP contribution in [-0.2, 0) is 38.9 Å². The zero-order chi connectivity index (χ0) is 30.0. The first kappa shape index (κ1) is 32.0. The largest absolute Gasteiger partial charge is 0.504 e. The van der Waals surface area contributed by atoms with Gasteiger partial charge in [0.05, 0.1) is 19.1 Å². The highest BCUT2D eigenvalue weighted by atomic mass is 32.2. The average Bonchev–Trinajstić information content (AvgIpc) is 2.90. The predicted octanol–water partition coefficient (Wildman–Crippen LogP) is 5.31. The first-order valence-electron chi connectivity index (χ1n) is 13.8. The van der Waals surface area contributed by atoms with Crippen LogP contribution in [-0.4, -0.2) is 59.3 Å². The molecule has 0 atom stereocenters. The highest BCUT2D eigenvalue weighted by Crippen LogP contribution is 2.27. The maximum Gasteiger partial charge on any atom is 0.306 e. The molecule has 0 saturated carbocycles. The third-order valence-electron chi connectivity index (χ3n) is 6.32. The molecule has 1 aromatic heterocycles. The number of esters is 1. The second-order valence-electron chi connectivity index (χ2n) is 11.1. The van der Waals surface area contributed by atoms with E-state index in [-0.39, 0.29) is 24.7 Å². The van der Waals surface area contributed by atoms with Crippen LogP contribution >= 0.6 is 0 Å². The Morgan fingerprint density at radius 1 is 1.00 bits per heavy atom. The molecule has 222 valence electrons. The quantitative estimate of drug-likeness (QED) is 0.200. The third kappa shape index (κ3) is 10.8. The van der Waals surface area contributed by atoms with Gasteiger partial charge in [-0.1, -0.05) is 24.3 Å². The van der Waals surface area contributed by atoms with Crippen LogP contribution < -0.4 is 4.74 Å². The maximum absolute atomic E-state index is 12.5. The minimum Gasteiger partial charge on any atom is -0.504 e. The first-order chi connectivity index (χ1) is 19.3. The number of phenols is 1. The molecule has 0 unspecified atom stereocenters. The van der Waals surface area contributed by atoms with Gasteiger partial charge in [-0.05, 0) is 81.8 Å². The van der Waals surface area contributed by atoms with Crippen LogP contribution in [0.2, 0.25) is 0 Å². The average molecular weight is 584 g/mol. The molecule has 9 nitrogen and oxygen atoms in total. The van der Waals surface area contributed by atoms with Gasteiger partial charge in [0.25, 0.3) is 0 Å². The molecule has 1 heterocycles. The van der Waals surface area contributed by atoms with Crippen molar-refractivity contribution >= 4 is 16.0 Å². The number of phenolic OH excluding ortho intramolecular Hbond substituents is 1. The van der Waals surface area contributed by atoms with Crippen LogP contribution in [0.3, 0.4) is 0 Å². The normalized spacial score (nSPS) is 12.0. The summed E-state index contributed by atoms with van der Waals surface area (Å²) in [5.74, 6) is 1.02. The summed E-state index contributed by atoms with van der Waals surface area (Å²) < 4.78 is 37.0. The summed E-state index contributed by atoms with van der Waals surface area (Å²) in [7, 11) is -1.92. The van der Waals surface area contributed by atoms with E-state index in [2.05, 4.69) is 4.98 Å². The Morgan fingerprint density at radius 3 is 2.49 bits per heavy atom. The lowest BCUT2D eigenvalue weighted by atomic mass is 10.1. The fraction of sp³-hybridized carbons (Fsp3) is 0.452. The lowest BCUT2D eigenvalue weighted by Gasteiger charge is -2.21. The Kier molecular flexibility index (Phi) is 11.3. The van der Waals surface area contributed by atoms with Gasteiger partial charge in [0.2, 0.25) is 10.0 Å². The minimum absolute atomic E-state index is 0.118. The van der Waals surface area contributed by atoms with Crippen molar-refractivity contribution in [2.24, 2.45) is 0 Å². The molecule has 41 heavy (non-hydrogen) atoms. The number of aryl methyl sites for hydroxylation is 2. The van der Waals surface area contributed by atoms with Gasteiger partial charge >= 0.3 is 5.97 Å². The fourth-order valence-corrected chi connectivity index (χ4v) is 5.20. The SMILES string of the molecule is COc1cc(CCCc2nccc(-c3cccc(CN(CCCCC(=O)OC(C)(C)C)S(C)(=O)=O)c3)n2)ccc1O. The van der Waals surface area contributed by atoms with Crippen molar-refractivity contribution in [3.05, 3.63) is 71.7 Å². The zero-order valence-electron chi connectivity index (χ0n) is 24.6. The number of benzene rings is 2. The Balaban J connectivity index is 1.60. The summed E-state index contributed by atoms with van der Waals surface area (Å²) in [6, 6.07) is 14.9. The van der Waals surface area contributed by atoms with Gasteiger partial charge in [0, 0.05) is 37.7 Å².